The summed E-state index contributed by atoms with van der Waals surface area (Å²) in [6, 6.07) is 3.59. The molecule has 8 heteroatoms. The maximum atomic E-state index is 14.8. The molecule has 3 rings (SSSR count). The molecule has 25 heavy (non-hydrogen) atoms. The molecule has 1 fully saturated rings. The van der Waals surface area contributed by atoms with Crippen LogP contribution in [0.5, 0.6) is 11.5 Å². The number of methoxy groups -OCH3 is 2. The molecule has 1 aliphatic rings. The number of halogens is 1. The Morgan fingerprint density at radius 1 is 1.32 bits per heavy atom. The van der Waals surface area contributed by atoms with E-state index in [0.29, 0.717) is 23.8 Å². The largest absolute Gasteiger partial charge is 0.493 e. The summed E-state index contributed by atoms with van der Waals surface area (Å²) >= 11 is 4.91. The van der Waals surface area contributed by atoms with Crippen LogP contribution in [0.15, 0.2) is 12.1 Å². The van der Waals surface area contributed by atoms with Crippen molar-refractivity contribution in [3.05, 3.63) is 22.8 Å². The summed E-state index contributed by atoms with van der Waals surface area (Å²) in [7, 11) is 2.89. The minimum absolute atomic E-state index is 0.0882. The monoisotopic (exact) mass is 402 g/mol. The lowest BCUT2D eigenvalue weighted by Gasteiger charge is -2.36. The summed E-state index contributed by atoms with van der Waals surface area (Å²) in [4.78, 5) is 11.9. The first-order valence-electron chi connectivity index (χ1n) is 7.80. The zero-order valence-corrected chi connectivity index (χ0v) is 16.4. The molecule has 1 aromatic heterocycles. The number of carbonyl (C=O) groups is 1. The van der Waals surface area contributed by atoms with Crippen LogP contribution in [0.2, 0.25) is 0 Å². The van der Waals surface area contributed by atoms with Gasteiger partial charge in [0.05, 0.1) is 18.3 Å². The van der Waals surface area contributed by atoms with E-state index in [1.807, 2.05) is 6.07 Å². The quantitative estimate of drug-likeness (QED) is 0.737. The molecule has 2 aromatic rings. The van der Waals surface area contributed by atoms with E-state index in [0.717, 1.165) is 27.5 Å². The Morgan fingerprint density at radius 3 is 2.64 bits per heavy atom. The first-order chi connectivity index (χ1) is 12.0. The number of carbonyl (C=O) groups excluding carboxylic acids is 1. The Bertz CT molecular complexity index is 771. The van der Waals surface area contributed by atoms with Crippen LogP contribution in [0, 0.1) is 5.82 Å². The Morgan fingerprint density at radius 2 is 2.04 bits per heavy atom. The fourth-order valence-corrected chi connectivity index (χ4v) is 7.80. The van der Waals surface area contributed by atoms with Crippen LogP contribution in [0.1, 0.15) is 17.7 Å². The first kappa shape index (κ1) is 18.8. The van der Waals surface area contributed by atoms with E-state index in [9.17, 15) is 14.3 Å². The van der Waals surface area contributed by atoms with Crippen molar-refractivity contribution in [2.24, 2.45) is 0 Å². The van der Waals surface area contributed by atoms with Gasteiger partial charge in [-0.05, 0) is 24.0 Å². The van der Waals surface area contributed by atoms with Crippen molar-refractivity contribution < 1.29 is 23.8 Å². The minimum atomic E-state index is -1.03. The van der Waals surface area contributed by atoms with Gasteiger partial charge in [-0.2, -0.15) is 0 Å². The van der Waals surface area contributed by atoms with Gasteiger partial charge in [0, 0.05) is 27.5 Å². The molecule has 0 saturated carbocycles. The molecule has 136 valence electrons. The molecule has 2 heterocycles. The summed E-state index contributed by atoms with van der Waals surface area (Å²) in [6.45, 7) is 0. The number of hydrogen-bond donors (Lipinski definition) is 1. The second-order valence-corrected chi connectivity index (χ2v) is 9.79. The van der Waals surface area contributed by atoms with E-state index in [4.69, 9.17) is 9.47 Å². The van der Waals surface area contributed by atoms with Crippen molar-refractivity contribution in [1.82, 2.24) is 0 Å². The highest BCUT2D eigenvalue weighted by molar-refractivity contribution is 8.18. The standard InChI is InChI=1S/C17H19FO4S3/c1-21-12-7-13-11(15(18)16(12)22-2)6-14(25-13)17(8-10(20)9-19)23-4-3-5-24-17/h6-7,9-10,20H,3-5,8H2,1-2H3. The Balaban J connectivity index is 2.12. The van der Waals surface area contributed by atoms with Crippen LogP contribution in [0.25, 0.3) is 10.1 Å². The number of aldehydes is 1. The molecule has 1 N–H and O–H groups in total. The van der Waals surface area contributed by atoms with Crippen molar-refractivity contribution in [2.45, 2.75) is 23.0 Å². The second-order valence-electron chi connectivity index (χ2n) is 5.66. The summed E-state index contributed by atoms with van der Waals surface area (Å²) in [5.74, 6) is 1.89. The third kappa shape index (κ3) is 3.49. The van der Waals surface area contributed by atoms with Gasteiger partial charge in [-0.15, -0.1) is 34.9 Å². The number of benzene rings is 1. The predicted molar refractivity (Wildman–Crippen MR) is 103 cm³/mol. The molecule has 1 aliphatic heterocycles. The van der Waals surface area contributed by atoms with Gasteiger partial charge < -0.3 is 19.4 Å². The average Bonchev–Trinajstić information content (AvgIpc) is 3.07. The van der Waals surface area contributed by atoms with Gasteiger partial charge in [-0.3, -0.25) is 0 Å². The van der Waals surface area contributed by atoms with Gasteiger partial charge >= 0.3 is 0 Å². The second kappa shape index (κ2) is 7.73. The zero-order chi connectivity index (χ0) is 18.0. The highest BCUT2D eigenvalue weighted by Crippen LogP contribution is 2.56. The lowest BCUT2D eigenvalue weighted by Crippen LogP contribution is -2.28. The van der Waals surface area contributed by atoms with E-state index in [1.165, 1.54) is 25.6 Å². The summed E-state index contributed by atoms with van der Waals surface area (Å²) in [5, 5.41) is 10.4. The van der Waals surface area contributed by atoms with E-state index in [1.54, 1.807) is 29.6 Å². The minimum Gasteiger partial charge on any atom is -0.493 e. The fraction of sp³-hybridized carbons (Fsp3) is 0.471. The van der Waals surface area contributed by atoms with Crippen molar-refractivity contribution in [3.8, 4) is 11.5 Å². The van der Waals surface area contributed by atoms with Gasteiger partial charge in [0.25, 0.3) is 0 Å². The molecule has 1 unspecified atom stereocenters. The predicted octanol–water partition coefficient (Wildman–Crippen LogP) is 4.03. The van der Waals surface area contributed by atoms with Crippen LogP contribution in [0.3, 0.4) is 0 Å². The van der Waals surface area contributed by atoms with Gasteiger partial charge in [0.15, 0.2) is 17.3 Å². The Labute approximate surface area is 158 Å². The lowest BCUT2D eigenvalue weighted by atomic mass is 10.1. The summed E-state index contributed by atoms with van der Waals surface area (Å²) in [5.41, 5.74) is 0. The van der Waals surface area contributed by atoms with E-state index in [-0.39, 0.29) is 5.75 Å². The number of aliphatic hydroxyl groups excluding tert-OH is 1. The average molecular weight is 403 g/mol. The number of aliphatic hydroxyl groups is 1. The van der Waals surface area contributed by atoms with Crippen LogP contribution in [0.4, 0.5) is 4.39 Å². The third-order valence-corrected chi connectivity index (χ3v) is 8.98. The highest BCUT2D eigenvalue weighted by atomic mass is 32.2. The molecule has 4 nitrogen and oxygen atoms in total. The smallest absolute Gasteiger partial charge is 0.197 e. The number of thioether (sulfide) groups is 2. The van der Waals surface area contributed by atoms with Crippen LogP contribution in [-0.4, -0.2) is 43.2 Å². The molecule has 1 saturated heterocycles. The van der Waals surface area contributed by atoms with Crippen molar-refractivity contribution >= 4 is 51.2 Å². The highest BCUT2D eigenvalue weighted by Gasteiger charge is 2.39. The molecule has 0 aliphatic carbocycles. The lowest BCUT2D eigenvalue weighted by molar-refractivity contribution is -0.115. The maximum Gasteiger partial charge on any atom is 0.197 e. The fourth-order valence-electron chi connectivity index (χ4n) is 2.89. The Kier molecular flexibility index (Phi) is 5.82. The number of ether oxygens (including phenoxy) is 2. The van der Waals surface area contributed by atoms with Crippen molar-refractivity contribution in [1.29, 1.82) is 0 Å². The van der Waals surface area contributed by atoms with Gasteiger partial charge in [0.2, 0.25) is 0 Å². The third-order valence-electron chi connectivity index (χ3n) is 4.08. The topological polar surface area (TPSA) is 55.8 Å². The Hall–Kier alpha value is -0.960. The van der Waals surface area contributed by atoms with Crippen molar-refractivity contribution in [2.75, 3.05) is 25.7 Å². The van der Waals surface area contributed by atoms with E-state index in [2.05, 4.69) is 0 Å². The number of fused-ring (bicyclic) bond motifs is 1. The van der Waals surface area contributed by atoms with Crippen molar-refractivity contribution in [3.63, 3.8) is 0 Å². The van der Waals surface area contributed by atoms with E-state index < -0.39 is 16.0 Å². The molecule has 0 bridgehead atoms. The molecule has 0 radical (unpaired) electrons. The van der Waals surface area contributed by atoms with Gasteiger partial charge in [0.1, 0.15) is 12.4 Å². The summed E-state index contributed by atoms with van der Waals surface area (Å²) in [6.07, 6.45) is 0.929. The van der Waals surface area contributed by atoms with Crippen LogP contribution >= 0.6 is 34.9 Å². The molecular formula is C17H19FO4S3. The van der Waals surface area contributed by atoms with E-state index >= 15 is 0 Å². The summed E-state index contributed by atoms with van der Waals surface area (Å²) < 4.78 is 25.5. The number of rotatable bonds is 6. The first-order valence-corrected chi connectivity index (χ1v) is 10.6. The van der Waals surface area contributed by atoms with Gasteiger partial charge in [-0.25, -0.2) is 4.39 Å². The number of hydrogen-bond acceptors (Lipinski definition) is 7. The molecule has 0 amide bonds. The molecule has 1 aromatic carbocycles. The SMILES string of the molecule is COc1cc2sc(C3(CC(O)C=O)SCCCS3)cc2c(F)c1OC. The molecule has 0 spiro atoms. The maximum absolute atomic E-state index is 14.8. The van der Waals surface area contributed by atoms with Gasteiger partial charge in [-0.1, -0.05) is 0 Å². The normalized spacial score (nSPS) is 18.1. The molecule has 1 atom stereocenters. The van der Waals surface area contributed by atoms with Crippen LogP contribution < -0.4 is 9.47 Å². The molecular weight excluding hydrogens is 383 g/mol. The zero-order valence-electron chi connectivity index (χ0n) is 13.9. The number of thiophene rings is 1. The van der Waals surface area contributed by atoms with Crippen LogP contribution in [-0.2, 0) is 8.87 Å².